The molecule has 3 heteroatoms. The Kier molecular flexibility index (Phi) is 3.69. The van der Waals surface area contributed by atoms with Crippen LogP contribution in [0, 0.1) is 10.8 Å². The zero-order chi connectivity index (χ0) is 14.3. The van der Waals surface area contributed by atoms with Gasteiger partial charge in [-0.1, -0.05) is 53.7 Å². The lowest BCUT2D eigenvalue weighted by molar-refractivity contribution is 0.426. The van der Waals surface area contributed by atoms with Crippen molar-refractivity contribution in [2.45, 2.75) is 41.5 Å². The number of fused-ring (bicyclic) bond motifs is 1. The molecule has 2 nitrogen and oxygen atoms in total. The summed E-state index contributed by atoms with van der Waals surface area (Å²) in [4.78, 5) is 0. The lowest BCUT2D eigenvalue weighted by Gasteiger charge is -2.29. The molecule has 0 fully saturated rings. The lowest BCUT2D eigenvalue weighted by Crippen LogP contribution is -2.42. The highest BCUT2D eigenvalue weighted by molar-refractivity contribution is 6.51. The Morgan fingerprint density at radius 1 is 0.789 bits per heavy atom. The molecule has 0 aromatic heterocycles. The van der Waals surface area contributed by atoms with Crippen LogP contribution in [-0.4, -0.2) is 22.9 Å². The standard InChI is InChI=1S/C16H26N2Si/c1-15(2,3)11-17-13-9-7-8-10-14(13)18(19-17)12-16(4,5)6/h7-10H,11-12H2,1-6H3. The van der Waals surface area contributed by atoms with Crippen LogP contribution in [0.3, 0.4) is 0 Å². The Bertz CT molecular complexity index is 402. The number of benzene rings is 1. The molecule has 1 aromatic rings. The van der Waals surface area contributed by atoms with E-state index in [4.69, 9.17) is 0 Å². The molecule has 0 saturated heterocycles. The average molecular weight is 274 g/mol. The van der Waals surface area contributed by atoms with Crippen molar-refractivity contribution < 1.29 is 0 Å². The largest absolute Gasteiger partial charge is 0.378 e. The van der Waals surface area contributed by atoms with E-state index < -0.39 is 0 Å². The molecule has 0 bridgehead atoms. The van der Waals surface area contributed by atoms with Gasteiger partial charge < -0.3 is 9.13 Å². The summed E-state index contributed by atoms with van der Waals surface area (Å²) >= 11 is 0. The molecular weight excluding hydrogens is 248 g/mol. The third kappa shape index (κ3) is 3.75. The molecule has 1 aromatic carbocycles. The van der Waals surface area contributed by atoms with E-state index in [1.807, 2.05) is 0 Å². The summed E-state index contributed by atoms with van der Waals surface area (Å²) in [5, 5.41) is 0. The van der Waals surface area contributed by atoms with Gasteiger partial charge in [-0.25, -0.2) is 0 Å². The van der Waals surface area contributed by atoms with Crippen molar-refractivity contribution in [3.8, 4) is 0 Å². The molecule has 0 saturated carbocycles. The molecule has 104 valence electrons. The Labute approximate surface area is 120 Å². The number of hydrogen-bond donors (Lipinski definition) is 0. The van der Waals surface area contributed by atoms with Gasteiger partial charge in [0.15, 0.2) is 0 Å². The quantitative estimate of drug-likeness (QED) is 0.754. The highest BCUT2D eigenvalue weighted by Crippen LogP contribution is 2.37. The molecule has 1 aliphatic rings. The van der Waals surface area contributed by atoms with Crippen LogP contribution in [0.15, 0.2) is 24.3 Å². The minimum absolute atomic E-state index is 0.331. The number of anilines is 2. The first-order valence-electron chi connectivity index (χ1n) is 7.06. The van der Waals surface area contributed by atoms with Gasteiger partial charge in [0.05, 0.1) is 11.4 Å². The van der Waals surface area contributed by atoms with Crippen LogP contribution in [0.25, 0.3) is 0 Å². The SMILES string of the molecule is CC(C)(C)CN1[Si]N(CC(C)(C)C)c2ccccc21. The van der Waals surface area contributed by atoms with E-state index in [2.05, 4.69) is 74.9 Å². The Morgan fingerprint density at radius 2 is 1.16 bits per heavy atom. The predicted octanol–water partition coefficient (Wildman–Crippen LogP) is 3.94. The highest BCUT2D eigenvalue weighted by Gasteiger charge is 2.32. The van der Waals surface area contributed by atoms with Crippen molar-refractivity contribution in [3.05, 3.63) is 24.3 Å². The summed E-state index contributed by atoms with van der Waals surface area (Å²) in [6.07, 6.45) is 0. The smallest absolute Gasteiger partial charge is 0.332 e. The van der Waals surface area contributed by atoms with Crippen molar-refractivity contribution in [3.63, 3.8) is 0 Å². The average Bonchev–Trinajstić information content (AvgIpc) is 2.53. The number of nitrogens with zero attached hydrogens (tertiary/aromatic N) is 2. The minimum Gasteiger partial charge on any atom is -0.378 e. The Morgan fingerprint density at radius 3 is 1.47 bits per heavy atom. The zero-order valence-electron chi connectivity index (χ0n) is 13.1. The summed E-state index contributed by atoms with van der Waals surface area (Å²) in [5.74, 6) is 0. The van der Waals surface area contributed by atoms with Crippen LogP contribution in [0.4, 0.5) is 11.4 Å². The van der Waals surface area contributed by atoms with E-state index in [0.29, 0.717) is 10.8 Å². The second-order valence-electron chi connectivity index (χ2n) is 7.88. The third-order valence-corrected chi connectivity index (χ3v) is 4.25. The first kappa shape index (κ1) is 14.4. The minimum atomic E-state index is 0.331. The second kappa shape index (κ2) is 4.86. The van der Waals surface area contributed by atoms with Crippen molar-refractivity contribution in [1.29, 1.82) is 0 Å². The maximum absolute atomic E-state index is 2.54. The second-order valence-corrected chi connectivity index (χ2v) is 9.16. The number of rotatable bonds is 2. The van der Waals surface area contributed by atoms with E-state index in [0.717, 1.165) is 22.9 Å². The van der Waals surface area contributed by atoms with Gasteiger partial charge >= 0.3 is 9.84 Å². The first-order valence-corrected chi connectivity index (χ1v) is 7.96. The molecule has 2 radical (unpaired) electrons. The van der Waals surface area contributed by atoms with Crippen LogP contribution in [0.2, 0.25) is 0 Å². The molecular formula is C16H26N2Si. The van der Waals surface area contributed by atoms with Gasteiger partial charge in [0.1, 0.15) is 0 Å². The normalized spacial score (nSPS) is 15.9. The van der Waals surface area contributed by atoms with Gasteiger partial charge in [-0.2, -0.15) is 0 Å². The van der Waals surface area contributed by atoms with E-state index in [9.17, 15) is 0 Å². The van der Waals surface area contributed by atoms with E-state index in [1.54, 1.807) is 0 Å². The molecule has 19 heavy (non-hydrogen) atoms. The molecule has 1 aliphatic heterocycles. The summed E-state index contributed by atoms with van der Waals surface area (Å²) in [7, 11) is 0.742. The van der Waals surface area contributed by atoms with Crippen LogP contribution in [-0.2, 0) is 0 Å². The van der Waals surface area contributed by atoms with Crippen molar-refractivity contribution in [1.82, 2.24) is 0 Å². The Balaban J connectivity index is 2.23. The summed E-state index contributed by atoms with van der Waals surface area (Å²) in [5.41, 5.74) is 3.47. The van der Waals surface area contributed by atoms with Crippen LogP contribution >= 0.6 is 0 Å². The van der Waals surface area contributed by atoms with E-state index >= 15 is 0 Å². The Hall–Kier alpha value is -0.963. The summed E-state index contributed by atoms with van der Waals surface area (Å²) in [6.45, 7) is 16.1. The van der Waals surface area contributed by atoms with E-state index in [1.165, 1.54) is 11.4 Å². The lowest BCUT2D eigenvalue weighted by atomic mass is 9.96. The first-order chi connectivity index (χ1) is 8.66. The molecule has 0 amide bonds. The van der Waals surface area contributed by atoms with Crippen molar-refractivity contribution >= 4 is 21.2 Å². The topological polar surface area (TPSA) is 6.48 Å². The molecule has 0 spiro atoms. The fourth-order valence-corrected chi connectivity index (χ4v) is 4.34. The number of para-hydroxylation sites is 2. The summed E-state index contributed by atoms with van der Waals surface area (Å²) in [6, 6.07) is 8.83. The predicted molar refractivity (Wildman–Crippen MR) is 85.8 cm³/mol. The van der Waals surface area contributed by atoms with Crippen LogP contribution < -0.4 is 9.13 Å². The van der Waals surface area contributed by atoms with Gasteiger partial charge in [0, 0.05) is 13.1 Å². The zero-order valence-corrected chi connectivity index (χ0v) is 14.1. The maximum atomic E-state index is 2.54. The summed E-state index contributed by atoms with van der Waals surface area (Å²) < 4.78 is 5.09. The van der Waals surface area contributed by atoms with Crippen molar-refractivity contribution in [2.24, 2.45) is 10.8 Å². The molecule has 0 unspecified atom stereocenters. The highest BCUT2D eigenvalue weighted by atomic mass is 28.2. The number of hydrogen-bond acceptors (Lipinski definition) is 2. The van der Waals surface area contributed by atoms with Gasteiger partial charge in [0.2, 0.25) is 0 Å². The van der Waals surface area contributed by atoms with E-state index in [-0.39, 0.29) is 0 Å². The molecule has 0 atom stereocenters. The molecule has 0 N–H and O–H groups in total. The van der Waals surface area contributed by atoms with Gasteiger partial charge in [-0.05, 0) is 23.0 Å². The monoisotopic (exact) mass is 274 g/mol. The fourth-order valence-electron chi connectivity index (χ4n) is 2.36. The van der Waals surface area contributed by atoms with Gasteiger partial charge in [0.25, 0.3) is 0 Å². The third-order valence-electron chi connectivity index (χ3n) is 2.97. The maximum Gasteiger partial charge on any atom is 0.332 e. The van der Waals surface area contributed by atoms with Crippen LogP contribution in [0.5, 0.6) is 0 Å². The van der Waals surface area contributed by atoms with Crippen LogP contribution in [0.1, 0.15) is 41.5 Å². The molecule has 0 aliphatic carbocycles. The van der Waals surface area contributed by atoms with Gasteiger partial charge in [-0.3, -0.25) is 0 Å². The fraction of sp³-hybridized carbons (Fsp3) is 0.625. The molecule has 1 heterocycles. The molecule has 2 rings (SSSR count). The van der Waals surface area contributed by atoms with Crippen molar-refractivity contribution in [2.75, 3.05) is 22.2 Å². The van der Waals surface area contributed by atoms with Gasteiger partial charge in [-0.15, -0.1) is 0 Å².